The van der Waals surface area contributed by atoms with Gasteiger partial charge in [-0.05, 0) is 36.9 Å². The summed E-state index contributed by atoms with van der Waals surface area (Å²) in [6.07, 6.45) is 0. The number of para-hydroxylation sites is 1. The van der Waals surface area contributed by atoms with Gasteiger partial charge in [-0.1, -0.05) is 30.3 Å². The second kappa shape index (κ2) is 8.24. The van der Waals surface area contributed by atoms with E-state index in [2.05, 4.69) is 10.1 Å². The molecule has 0 saturated heterocycles. The quantitative estimate of drug-likeness (QED) is 0.850. The number of nitrogens with zero attached hydrogens (tertiary/aromatic N) is 1. The normalized spacial score (nSPS) is 10.8. The van der Waals surface area contributed by atoms with Crippen molar-refractivity contribution in [3.05, 3.63) is 60.2 Å². The smallest absolute Gasteiger partial charge is 0.387 e. The average molecular weight is 320 g/mol. The number of ether oxygens (including phenoxy) is 1. The second-order valence-electron chi connectivity index (χ2n) is 5.11. The number of anilines is 1. The molecule has 2 aromatic carbocycles. The Hall–Kier alpha value is -2.47. The van der Waals surface area contributed by atoms with E-state index in [-0.39, 0.29) is 18.2 Å². The van der Waals surface area contributed by atoms with Crippen molar-refractivity contribution in [2.75, 3.05) is 18.9 Å². The van der Waals surface area contributed by atoms with Crippen LogP contribution in [0.2, 0.25) is 0 Å². The van der Waals surface area contributed by atoms with Gasteiger partial charge >= 0.3 is 6.61 Å². The first-order valence-corrected chi connectivity index (χ1v) is 7.10. The van der Waals surface area contributed by atoms with Gasteiger partial charge in [-0.15, -0.1) is 0 Å². The van der Waals surface area contributed by atoms with E-state index in [4.69, 9.17) is 0 Å². The summed E-state index contributed by atoms with van der Waals surface area (Å²) in [7, 11) is 1.81. The lowest BCUT2D eigenvalue weighted by Crippen LogP contribution is -2.29. The zero-order chi connectivity index (χ0) is 16.7. The highest BCUT2D eigenvalue weighted by atomic mass is 19.3. The molecule has 4 nitrogen and oxygen atoms in total. The van der Waals surface area contributed by atoms with Crippen molar-refractivity contribution >= 4 is 11.6 Å². The maximum Gasteiger partial charge on any atom is 0.387 e. The largest absolute Gasteiger partial charge is 0.435 e. The highest BCUT2D eigenvalue weighted by molar-refractivity contribution is 5.92. The first kappa shape index (κ1) is 16.9. The van der Waals surface area contributed by atoms with Gasteiger partial charge in [0.05, 0.1) is 6.54 Å². The molecule has 0 radical (unpaired) electrons. The Morgan fingerprint density at radius 2 is 1.78 bits per heavy atom. The van der Waals surface area contributed by atoms with Crippen LogP contribution in [0.1, 0.15) is 5.56 Å². The van der Waals surface area contributed by atoms with Crippen LogP contribution in [0.4, 0.5) is 14.5 Å². The molecule has 0 aliphatic rings. The number of hydrogen-bond donors (Lipinski definition) is 1. The van der Waals surface area contributed by atoms with Crippen LogP contribution in [-0.4, -0.2) is 31.0 Å². The lowest BCUT2D eigenvalue weighted by molar-refractivity contribution is -0.117. The van der Waals surface area contributed by atoms with E-state index in [9.17, 15) is 13.6 Å². The molecule has 0 aliphatic carbocycles. The summed E-state index contributed by atoms with van der Waals surface area (Å²) in [5.41, 5.74) is 1.65. The number of halogens is 2. The Bertz CT molecular complexity index is 618. The SMILES string of the molecule is CN(CC(=O)Nc1ccccc1)Cc1ccc(OC(F)F)cc1. The Balaban J connectivity index is 1.82. The topological polar surface area (TPSA) is 41.6 Å². The molecule has 0 heterocycles. The van der Waals surface area contributed by atoms with Crippen molar-refractivity contribution in [2.45, 2.75) is 13.2 Å². The van der Waals surface area contributed by atoms with E-state index < -0.39 is 6.61 Å². The lowest BCUT2D eigenvalue weighted by Gasteiger charge is -2.16. The Labute approximate surface area is 133 Å². The molecule has 2 rings (SSSR count). The van der Waals surface area contributed by atoms with Gasteiger partial charge in [-0.3, -0.25) is 9.69 Å². The maximum atomic E-state index is 12.1. The first-order valence-electron chi connectivity index (χ1n) is 7.10. The molecule has 2 aromatic rings. The predicted molar refractivity (Wildman–Crippen MR) is 84.5 cm³/mol. The van der Waals surface area contributed by atoms with Crippen LogP contribution in [0, 0.1) is 0 Å². The third-order valence-corrected chi connectivity index (χ3v) is 3.07. The average Bonchev–Trinajstić information content (AvgIpc) is 2.49. The fraction of sp³-hybridized carbons (Fsp3) is 0.235. The van der Waals surface area contributed by atoms with Gasteiger partial charge in [0.1, 0.15) is 5.75 Å². The molecular weight excluding hydrogens is 302 g/mol. The Morgan fingerprint density at radius 3 is 2.39 bits per heavy atom. The number of carbonyl (C=O) groups excluding carboxylic acids is 1. The number of rotatable bonds is 7. The van der Waals surface area contributed by atoms with Gasteiger partial charge in [-0.25, -0.2) is 0 Å². The fourth-order valence-corrected chi connectivity index (χ4v) is 2.11. The molecule has 0 unspecified atom stereocenters. The molecule has 0 aliphatic heterocycles. The van der Waals surface area contributed by atoms with Crippen molar-refractivity contribution in [2.24, 2.45) is 0 Å². The van der Waals surface area contributed by atoms with Crippen LogP contribution in [0.25, 0.3) is 0 Å². The Kier molecular flexibility index (Phi) is 6.05. The minimum Gasteiger partial charge on any atom is -0.435 e. The second-order valence-corrected chi connectivity index (χ2v) is 5.11. The van der Waals surface area contributed by atoms with Crippen molar-refractivity contribution in [1.29, 1.82) is 0 Å². The third-order valence-electron chi connectivity index (χ3n) is 3.07. The van der Waals surface area contributed by atoms with Crippen molar-refractivity contribution in [3.63, 3.8) is 0 Å². The van der Waals surface area contributed by atoms with Crippen molar-refractivity contribution in [1.82, 2.24) is 4.90 Å². The minimum atomic E-state index is -2.83. The summed E-state index contributed by atoms with van der Waals surface area (Å²) < 4.78 is 28.5. The number of benzene rings is 2. The molecule has 0 saturated carbocycles. The third kappa shape index (κ3) is 6.04. The molecule has 1 amide bonds. The number of carbonyl (C=O) groups is 1. The molecule has 0 bridgehead atoms. The summed E-state index contributed by atoms with van der Waals surface area (Å²) >= 11 is 0. The molecule has 6 heteroatoms. The highest BCUT2D eigenvalue weighted by Crippen LogP contribution is 2.15. The predicted octanol–water partition coefficient (Wildman–Crippen LogP) is 3.36. The van der Waals surface area contributed by atoms with Crippen molar-refractivity contribution in [3.8, 4) is 5.75 Å². The van der Waals surface area contributed by atoms with Gasteiger partial charge in [0, 0.05) is 12.2 Å². The monoisotopic (exact) mass is 320 g/mol. The van der Waals surface area contributed by atoms with E-state index in [1.165, 1.54) is 12.1 Å². The van der Waals surface area contributed by atoms with Crippen LogP contribution in [-0.2, 0) is 11.3 Å². The fourth-order valence-electron chi connectivity index (χ4n) is 2.11. The van der Waals surface area contributed by atoms with Crippen LogP contribution >= 0.6 is 0 Å². The molecule has 1 N–H and O–H groups in total. The number of alkyl halides is 2. The van der Waals surface area contributed by atoms with E-state index in [0.29, 0.717) is 6.54 Å². The lowest BCUT2D eigenvalue weighted by atomic mass is 10.2. The molecule has 0 spiro atoms. The summed E-state index contributed by atoms with van der Waals surface area (Å²) in [6, 6.07) is 15.6. The number of nitrogens with one attached hydrogen (secondary N) is 1. The molecule has 0 fully saturated rings. The molecule has 23 heavy (non-hydrogen) atoms. The van der Waals surface area contributed by atoms with E-state index in [1.54, 1.807) is 12.1 Å². The van der Waals surface area contributed by atoms with Gasteiger partial charge in [0.2, 0.25) is 5.91 Å². The standard InChI is InChI=1S/C17H18F2N2O2/c1-21(12-16(22)20-14-5-3-2-4-6-14)11-13-7-9-15(10-8-13)23-17(18)19/h2-10,17H,11-12H2,1H3,(H,20,22). The van der Waals surface area contributed by atoms with Gasteiger partial charge in [0.15, 0.2) is 0 Å². The van der Waals surface area contributed by atoms with Crippen LogP contribution < -0.4 is 10.1 Å². The van der Waals surface area contributed by atoms with Gasteiger partial charge in [-0.2, -0.15) is 8.78 Å². The molecule has 122 valence electrons. The molecule has 0 atom stereocenters. The van der Waals surface area contributed by atoms with E-state index in [0.717, 1.165) is 11.3 Å². The van der Waals surface area contributed by atoms with E-state index >= 15 is 0 Å². The highest BCUT2D eigenvalue weighted by Gasteiger charge is 2.08. The summed E-state index contributed by atoms with van der Waals surface area (Å²) in [5.74, 6) is 0.00424. The Morgan fingerprint density at radius 1 is 1.13 bits per heavy atom. The van der Waals surface area contributed by atoms with E-state index in [1.807, 2.05) is 42.3 Å². The zero-order valence-electron chi connectivity index (χ0n) is 12.7. The van der Waals surface area contributed by atoms with Crippen LogP contribution in [0.15, 0.2) is 54.6 Å². The van der Waals surface area contributed by atoms with Gasteiger partial charge < -0.3 is 10.1 Å². The zero-order valence-corrected chi connectivity index (χ0v) is 12.7. The molecule has 0 aromatic heterocycles. The van der Waals surface area contributed by atoms with Crippen LogP contribution in [0.5, 0.6) is 5.75 Å². The summed E-state index contributed by atoms with van der Waals surface area (Å²) in [5, 5.41) is 2.81. The minimum absolute atomic E-state index is 0.114. The summed E-state index contributed by atoms with van der Waals surface area (Å²) in [6.45, 7) is -2.08. The van der Waals surface area contributed by atoms with Gasteiger partial charge in [0.25, 0.3) is 0 Å². The molecular formula is C17H18F2N2O2. The number of amides is 1. The first-order chi connectivity index (χ1) is 11.0. The van der Waals surface area contributed by atoms with Crippen LogP contribution in [0.3, 0.4) is 0 Å². The summed E-state index contributed by atoms with van der Waals surface area (Å²) in [4.78, 5) is 13.8. The van der Waals surface area contributed by atoms with Crippen molar-refractivity contribution < 1.29 is 18.3 Å². The number of likely N-dealkylation sites (N-methyl/N-ethyl adjacent to an activating group) is 1. The maximum absolute atomic E-state index is 12.1. The number of hydrogen-bond acceptors (Lipinski definition) is 3.